The first-order valence-electron chi connectivity index (χ1n) is 12.3. The standard InChI is InChI=1S/C29H28ClN3O2S/c1-3-6-17-9-14-21-23(15-17)36-29(25(21)27(31)34)33-28(35)24-16(2)26(18-10-12-19(30)13-11-18)32-22-8-5-4-7-20(22)24/h4-5,7-8,10-13,17H,3,6,9,14-15H2,1-2H3,(H2,31,34)(H,33,35). The van der Waals surface area contributed by atoms with Crippen LogP contribution in [0.15, 0.2) is 48.5 Å². The molecule has 1 atom stereocenters. The first kappa shape index (κ1) is 24.5. The molecule has 1 aliphatic carbocycles. The predicted octanol–water partition coefficient (Wildman–Crippen LogP) is 7.18. The number of hydrogen-bond donors (Lipinski definition) is 2. The molecule has 4 aromatic rings. The van der Waals surface area contributed by atoms with E-state index >= 15 is 0 Å². The average molecular weight is 518 g/mol. The van der Waals surface area contributed by atoms with Gasteiger partial charge in [0, 0.05) is 20.8 Å². The summed E-state index contributed by atoms with van der Waals surface area (Å²) in [6.07, 6.45) is 5.11. The van der Waals surface area contributed by atoms with E-state index in [4.69, 9.17) is 22.3 Å². The normalized spacial score (nSPS) is 15.0. The Balaban J connectivity index is 1.58. The number of para-hydroxylation sites is 1. The summed E-state index contributed by atoms with van der Waals surface area (Å²) >= 11 is 7.59. The number of aromatic nitrogens is 1. The summed E-state index contributed by atoms with van der Waals surface area (Å²) < 4.78 is 0. The maximum atomic E-state index is 13.8. The van der Waals surface area contributed by atoms with Crippen LogP contribution in [0.25, 0.3) is 22.2 Å². The SMILES string of the molecule is CCCC1CCc2c(sc(NC(=O)c3c(C)c(-c4ccc(Cl)cc4)nc4ccccc34)c2C(N)=O)C1. The van der Waals surface area contributed by atoms with Crippen LogP contribution in [-0.2, 0) is 12.8 Å². The predicted molar refractivity (Wildman–Crippen MR) is 148 cm³/mol. The van der Waals surface area contributed by atoms with E-state index < -0.39 is 5.91 Å². The fraction of sp³-hybridized carbons (Fsp3) is 0.276. The molecule has 1 aliphatic rings. The molecule has 7 heteroatoms. The van der Waals surface area contributed by atoms with E-state index in [-0.39, 0.29) is 5.91 Å². The number of rotatable bonds is 6. The second kappa shape index (κ2) is 10.0. The van der Waals surface area contributed by atoms with Gasteiger partial charge in [-0.2, -0.15) is 0 Å². The van der Waals surface area contributed by atoms with Gasteiger partial charge in [0.25, 0.3) is 11.8 Å². The van der Waals surface area contributed by atoms with Gasteiger partial charge < -0.3 is 11.1 Å². The van der Waals surface area contributed by atoms with Gasteiger partial charge in [-0.25, -0.2) is 4.98 Å². The summed E-state index contributed by atoms with van der Waals surface area (Å²) in [6, 6.07) is 15.0. The van der Waals surface area contributed by atoms with E-state index in [9.17, 15) is 9.59 Å². The average Bonchev–Trinajstić information content (AvgIpc) is 3.21. The Labute approximate surface area is 219 Å². The van der Waals surface area contributed by atoms with E-state index in [0.29, 0.717) is 27.1 Å². The number of hydrogen-bond acceptors (Lipinski definition) is 4. The van der Waals surface area contributed by atoms with E-state index in [1.807, 2.05) is 55.5 Å². The van der Waals surface area contributed by atoms with Crippen molar-refractivity contribution >= 4 is 50.7 Å². The lowest BCUT2D eigenvalue weighted by Gasteiger charge is -2.21. The summed E-state index contributed by atoms with van der Waals surface area (Å²) in [5.41, 5.74) is 10.9. The molecule has 0 aliphatic heterocycles. The Morgan fingerprint density at radius 1 is 1.14 bits per heavy atom. The van der Waals surface area contributed by atoms with Gasteiger partial charge >= 0.3 is 0 Å². The molecule has 1 unspecified atom stereocenters. The molecule has 36 heavy (non-hydrogen) atoms. The van der Waals surface area contributed by atoms with Crippen molar-refractivity contribution < 1.29 is 9.59 Å². The highest BCUT2D eigenvalue weighted by Gasteiger charge is 2.29. The van der Waals surface area contributed by atoms with Crippen LogP contribution in [0, 0.1) is 12.8 Å². The van der Waals surface area contributed by atoms with Crippen molar-refractivity contribution in [2.45, 2.75) is 46.0 Å². The highest BCUT2D eigenvalue weighted by molar-refractivity contribution is 7.17. The minimum Gasteiger partial charge on any atom is -0.365 e. The number of benzene rings is 2. The Morgan fingerprint density at radius 3 is 2.61 bits per heavy atom. The van der Waals surface area contributed by atoms with Crippen LogP contribution in [0.2, 0.25) is 5.02 Å². The van der Waals surface area contributed by atoms with Crippen molar-refractivity contribution in [2.24, 2.45) is 11.7 Å². The molecule has 0 fully saturated rings. The molecule has 2 amide bonds. The molecule has 0 spiro atoms. The molecular formula is C29H28ClN3O2S. The van der Waals surface area contributed by atoms with E-state index in [0.717, 1.165) is 59.0 Å². The monoisotopic (exact) mass is 517 g/mol. The van der Waals surface area contributed by atoms with Crippen molar-refractivity contribution in [2.75, 3.05) is 5.32 Å². The van der Waals surface area contributed by atoms with Crippen molar-refractivity contribution in [3.05, 3.63) is 80.7 Å². The van der Waals surface area contributed by atoms with Gasteiger partial charge in [-0.05, 0) is 61.4 Å². The van der Waals surface area contributed by atoms with Gasteiger partial charge in [-0.15, -0.1) is 11.3 Å². The Hall–Kier alpha value is -3.22. The number of anilines is 1. The highest BCUT2D eigenvalue weighted by Crippen LogP contribution is 2.41. The number of nitrogens with zero attached hydrogens (tertiary/aromatic N) is 1. The van der Waals surface area contributed by atoms with E-state index in [1.165, 1.54) is 22.6 Å². The largest absolute Gasteiger partial charge is 0.365 e. The molecule has 2 aromatic carbocycles. The summed E-state index contributed by atoms with van der Waals surface area (Å²) in [6.45, 7) is 4.10. The van der Waals surface area contributed by atoms with Crippen LogP contribution in [0.5, 0.6) is 0 Å². The third-order valence-electron chi connectivity index (χ3n) is 7.02. The molecule has 3 N–H and O–H groups in total. The fourth-order valence-electron chi connectivity index (χ4n) is 5.31. The third kappa shape index (κ3) is 4.51. The van der Waals surface area contributed by atoms with Crippen LogP contribution in [0.4, 0.5) is 5.00 Å². The maximum Gasteiger partial charge on any atom is 0.257 e. The topological polar surface area (TPSA) is 85.1 Å². The molecule has 5 rings (SSSR count). The molecule has 2 aromatic heterocycles. The van der Waals surface area contributed by atoms with Gasteiger partial charge in [-0.1, -0.05) is 61.7 Å². The quantitative estimate of drug-likeness (QED) is 0.284. The van der Waals surface area contributed by atoms with Crippen molar-refractivity contribution in [3.63, 3.8) is 0 Å². The lowest BCUT2D eigenvalue weighted by Crippen LogP contribution is -2.20. The van der Waals surface area contributed by atoms with Gasteiger partial charge in [0.2, 0.25) is 0 Å². The zero-order valence-corrected chi connectivity index (χ0v) is 21.9. The number of amides is 2. The minimum absolute atomic E-state index is 0.271. The lowest BCUT2D eigenvalue weighted by molar-refractivity contribution is 0.1000. The Morgan fingerprint density at radius 2 is 1.89 bits per heavy atom. The molecule has 0 radical (unpaired) electrons. The molecule has 5 nitrogen and oxygen atoms in total. The Bertz CT molecular complexity index is 1480. The number of carbonyl (C=O) groups excluding carboxylic acids is 2. The minimum atomic E-state index is -0.491. The molecule has 0 bridgehead atoms. The highest BCUT2D eigenvalue weighted by atomic mass is 35.5. The summed E-state index contributed by atoms with van der Waals surface area (Å²) in [7, 11) is 0. The summed E-state index contributed by atoms with van der Waals surface area (Å²) in [5.74, 6) is -0.152. The second-order valence-electron chi connectivity index (χ2n) is 9.41. The number of nitrogens with two attached hydrogens (primary N) is 1. The van der Waals surface area contributed by atoms with Gasteiger partial charge in [0.15, 0.2) is 0 Å². The number of halogens is 1. The van der Waals surface area contributed by atoms with Crippen molar-refractivity contribution in [3.8, 4) is 11.3 Å². The van der Waals surface area contributed by atoms with Gasteiger partial charge in [-0.3, -0.25) is 9.59 Å². The molecular weight excluding hydrogens is 490 g/mol. The summed E-state index contributed by atoms with van der Waals surface area (Å²) in [5, 5.41) is 5.00. The molecule has 0 saturated heterocycles. The Kier molecular flexibility index (Phi) is 6.82. The molecule has 184 valence electrons. The number of thiophene rings is 1. The van der Waals surface area contributed by atoms with Crippen LogP contribution in [0.3, 0.4) is 0 Å². The number of nitrogens with one attached hydrogen (secondary N) is 1. The second-order valence-corrected chi connectivity index (χ2v) is 10.9. The zero-order chi connectivity index (χ0) is 25.4. The first-order chi connectivity index (χ1) is 17.4. The maximum absolute atomic E-state index is 13.8. The van der Waals surface area contributed by atoms with Gasteiger partial charge in [0.1, 0.15) is 5.00 Å². The van der Waals surface area contributed by atoms with Crippen molar-refractivity contribution in [1.82, 2.24) is 4.98 Å². The molecule has 0 saturated carbocycles. The van der Waals surface area contributed by atoms with Crippen LogP contribution in [-0.4, -0.2) is 16.8 Å². The number of carbonyl (C=O) groups is 2. The summed E-state index contributed by atoms with van der Waals surface area (Å²) in [4.78, 5) is 32.3. The number of pyridine rings is 1. The lowest BCUT2D eigenvalue weighted by atomic mass is 9.84. The fourth-order valence-corrected chi connectivity index (χ4v) is 6.80. The van der Waals surface area contributed by atoms with E-state index in [2.05, 4.69) is 12.2 Å². The van der Waals surface area contributed by atoms with Gasteiger partial charge in [0.05, 0.1) is 22.3 Å². The zero-order valence-electron chi connectivity index (χ0n) is 20.4. The van der Waals surface area contributed by atoms with Crippen molar-refractivity contribution in [1.29, 1.82) is 0 Å². The first-order valence-corrected chi connectivity index (χ1v) is 13.5. The van der Waals surface area contributed by atoms with E-state index in [1.54, 1.807) is 0 Å². The number of fused-ring (bicyclic) bond motifs is 2. The van der Waals surface area contributed by atoms with Crippen LogP contribution >= 0.6 is 22.9 Å². The smallest absolute Gasteiger partial charge is 0.257 e. The molecule has 2 heterocycles. The number of primary amides is 1. The third-order valence-corrected chi connectivity index (χ3v) is 8.44. The van der Waals surface area contributed by atoms with Crippen LogP contribution in [0.1, 0.15) is 62.9 Å². The van der Waals surface area contributed by atoms with Crippen LogP contribution < -0.4 is 11.1 Å².